The van der Waals surface area contributed by atoms with Crippen molar-refractivity contribution in [3.8, 4) is 17.2 Å². The van der Waals surface area contributed by atoms with Gasteiger partial charge in [0.1, 0.15) is 23.4 Å². The molecule has 9 heteroatoms. The molecule has 9 nitrogen and oxygen atoms in total. The molecule has 174 valence electrons. The van der Waals surface area contributed by atoms with Gasteiger partial charge in [0.25, 0.3) is 11.8 Å². The maximum atomic E-state index is 12.8. The second kappa shape index (κ2) is 10.6. The van der Waals surface area contributed by atoms with Gasteiger partial charge in [0, 0.05) is 50.2 Å². The van der Waals surface area contributed by atoms with Crippen molar-refractivity contribution in [2.45, 2.75) is 20.0 Å². The molecule has 0 aliphatic heterocycles. The Morgan fingerprint density at radius 2 is 1.73 bits per heavy atom. The smallest absolute Gasteiger partial charge is 0.257 e. The molecule has 0 saturated carbocycles. The highest BCUT2D eigenvalue weighted by Crippen LogP contribution is 2.29. The molecular weight excluding hydrogens is 424 g/mol. The van der Waals surface area contributed by atoms with E-state index in [1.165, 1.54) is 4.90 Å². The number of aromatic nitrogens is 2. The van der Waals surface area contributed by atoms with Crippen molar-refractivity contribution in [2.24, 2.45) is 0 Å². The van der Waals surface area contributed by atoms with Gasteiger partial charge in [-0.3, -0.25) is 14.7 Å². The third kappa shape index (κ3) is 6.56. The quantitative estimate of drug-likeness (QED) is 0.510. The molecule has 0 radical (unpaired) electrons. The van der Waals surface area contributed by atoms with Crippen molar-refractivity contribution in [3.05, 3.63) is 65.4 Å². The molecular formula is C24H28N4O5. The van der Waals surface area contributed by atoms with Crippen LogP contribution in [-0.4, -0.2) is 60.8 Å². The van der Waals surface area contributed by atoms with Crippen LogP contribution in [0.2, 0.25) is 0 Å². The minimum Gasteiger partial charge on any atom is -0.488 e. The molecule has 0 bridgehead atoms. The summed E-state index contributed by atoms with van der Waals surface area (Å²) in [7, 11) is 4.98. The van der Waals surface area contributed by atoms with E-state index in [0.717, 1.165) is 5.69 Å². The molecule has 1 heterocycles. The normalized spacial score (nSPS) is 11.5. The van der Waals surface area contributed by atoms with E-state index in [1.807, 2.05) is 13.8 Å². The summed E-state index contributed by atoms with van der Waals surface area (Å²) in [6.45, 7) is 4.10. The monoisotopic (exact) mass is 452 g/mol. The van der Waals surface area contributed by atoms with Gasteiger partial charge in [0.2, 0.25) is 0 Å². The van der Waals surface area contributed by atoms with E-state index in [9.17, 15) is 9.59 Å². The Kier molecular flexibility index (Phi) is 7.68. The van der Waals surface area contributed by atoms with Gasteiger partial charge in [-0.15, -0.1) is 0 Å². The Morgan fingerprint density at radius 3 is 2.33 bits per heavy atom. The summed E-state index contributed by atoms with van der Waals surface area (Å²) in [5, 5.41) is 9.57. The highest BCUT2D eigenvalue weighted by atomic mass is 16.5. The van der Waals surface area contributed by atoms with Gasteiger partial charge in [-0.05, 0) is 50.2 Å². The maximum absolute atomic E-state index is 12.8. The number of benzene rings is 2. The molecule has 0 aliphatic rings. The molecule has 2 amide bonds. The van der Waals surface area contributed by atoms with Crippen LogP contribution in [0.25, 0.3) is 0 Å². The molecule has 0 saturated heterocycles. The first-order chi connectivity index (χ1) is 15.7. The second-order valence-electron chi connectivity index (χ2n) is 7.79. The van der Waals surface area contributed by atoms with Crippen LogP contribution >= 0.6 is 0 Å². The third-order valence-electron chi connectivity index (χ3n) is 4.57. The number of methoxy groups -OCH3 is 1. The average molecular weight is 453 g/mol. The molecule has 2 N–H and O–H groups in total. The van der Waals surface area contributed by atoms with Crippen molar-refractivity contribution >= 4 is 17.6 Å². The number of aromatic amines is 1. The predicted octanol–water partition coefficient (Wildman–Crippen LogP) is 3.88. The maximum Gasteiger partial charge on any atom is 0.257 e. The number of aryl methyl sites for hydroxylation is 1. The van der Waals surface area contributed by atoms with E-state index >= 15 is 0 Å². The number of hydrogen-bond donors (Lipinski definition) is 2. The highest BCUT2D eigenvalue weighted by molar-refractivity contribution is 6.04. The molecule has 1 atom stereocenters. The standard InChI is InChI=1S/C24H28N4O5/c1-15-10-22(27-26-15)25-23(29)18-11-20(32-16(2)14-31-5)13-21(12-18)33-19-8-6-17(7-9-19)24(30)28(3)4/h6-13,16H,14H2,1-5H3,(H2,25,26,27,29). The summed E-state index contributed by atoms with van der Waals surface area (Å²) in [6.07, 6.45) is -0.230. The minimum atomic E-state index is -0.358. The van der Waals surface area contributed by atoms with Crippen molar-refractivity contribution in [2.75, 3.05) is 33.1 Å². The van der Waals surface area contributed by atoms with E-state index in [-0.39, 0.29) is 17.9 Å². The van der Waals surface area contributed by atoms with Crippen LogP contribution in [0.5, 0.6) is 17.2 Å². The first-order valence-corrected chi connectivity index (χ1v) is 10.4. The largest absolute Gasteiger partial charge is 0.488 e. The number of nitrogens with one attached hydrogen (secondary N) is 2. The predicted molar refractivity (Wildman–Crippen MR) is 124 cm³/mol. The number of H-pyrrole nitrogens is 1. The van der Waals surface area contributed by atoms with Gasteiger partial charge in [0.05, 0.1) is 6.61 Å². The highest BCUT2D eigenvalue weighted by Gasteiger charge is 2.15. The summed E-state index contributed by atoms with van der Waals surface area (Å²) in [5.41, 5.74) is 1.72. The number of anilines is 1. The molecule has 2 aromatic carbocycles. The number of nitrogens with zero attached hydrogens (tertiary/aromatic N) is 2. The van der Waals surface area contributed by atoms with E-state index in [2.05, 4.69) is 15.5 Å². The Bertz CT molecular complexity index is 1110. The van der Waals surface area contributed by atoms with Crippen LogP contribution in [0, 0.1) is 6.92 Å². The van der Waals surface area contributed by atoms with E-state index in [0.29, 0.717) is 40.8 Å². The number of amides is 2. The zero-order chi connectivity index (χ0) is 24.0. The Hall–Kier alpha value is -3.85. The van der Waals surface area contributed by atoms with Crippen LogP contribution in [0.3, 0.4) is 0 Å². The van der Waals surface area contributed by atoms with Crippen LogP contribution in [-0.2, 0) is 4.74 Å². The van der Waals surface area contributed by atoms with Gasteiger partial charge in [-0.2, -0.15) is 5.10 Å². The van der Waals surface area contributed by atoms with Gasteiger partial charge < -0.3 is 24.4 Å². The van der Waals surface area contributed by atoms with Crippen molar-refractivity contribution < 1.29 is 23.8 Å². The van der Waals surface area contributed by atoms with Gasteiger partial charge in [-0.1, -0.05) is 0 Å². The van der Waals surface area contributed by atoms with E-state index in [4.69, 9.17) is 14.2 Å². The minimum absolute atomic E-state index is 0.100. The number of carbonyl (C=O) groups is 2. The fraction of sp³-hybridized carbons (Fsp3) is 0.292. The van der Waals surface area contributed by atoms with Crippen LogP contribution < -0.4 is 14.8 Å². The lowest BCUT2D eigenvalue weighted by molar-refractivity contribution is 0.0827. The first-order valence-electron chi connectivity index (χ1n) is 10.4. The Balaban J connectivity index is 1.85. The van der Waals surface area contributed by atoms with E-state index in [1.54, 1.807) is 69.7 Å². The molecule has 3 aromatic rings. The number of carbonyl (C=O) groups excluding carboxylic acids is 2. The zero-order valence-corrected chi connectivity index (χ0v) is 19.3. The first kappa shape index (κ1) is 23.8. The number of hydrogen-bond acceptors (Lipinski definition) is 6. The second-order valence-corrected chi connectivity index (χ2v) is 7.79. The van der Waals surface area contributed by atoms with Crippen LogP contribution in [0.15, 0.2) is 48.5 Å². The summed E-state index contributed by atoms with van der Waals surface area (Å²) in [4.78, 5) is 26.4. The lowest BCUT2D eigenvalue weighted by Crippen LogP contribution is -2.21. The summed E-state index contributed by atoms with van der Waals surface area (Å²) < 4.78 is 17.0. The summed E-state index contributed by atoms with van der Waals surface area (Å²) in [6, 6.07) is 13.4. The Labute approximate surface area is 192 Å². The van der Waals surface area contributed by atoms with Crippen molar-refractivity contribution in [1.82, 2.24) is 15.1 Å². The molecule has 0 spiro atoms. The van der Waals surface area contributed by atoms with Crippen LogP contribution in [0.1, 0.15) is 33.3 Å². The topological polar surface area (TPSA) is 106 Å². The average Bonchev–Trinajstić information content (AvgIpc) is 3.18. The number of rotatable bonds is 9. The fourth-order valence-electron chi connectivity index (χ4n) is 3.06. The fourth-order valence-corrected chi connectivity index (χ4v) is 3.06. The molecule has 1 aromatic heterocycles. The molecule has 3 rings (SSSR count). The van der Waals surface area contributed by atoms with Crippen molar-refractivity contribution in [3.63, 3.8) is 0 Å². The van der Waals surface area contributed by atoms with E-state index < -0.39 is 0 Å². The number of ether oxygens (including phenoxy) is 3. The Morgan fingerprint density at radius 1 is 1.03 bits per heavy atom. The zero-order valence-electron chi connectivity index (χ0n) is 19.3. The molecule has 33 heavy (non-hydrogen) atoms. The lowest BCUT2D eigenvalue weighted by atomic mass is 10.1. The van der Waals surface area contributed by atoms with Crippen molar-refractivity contribution in [1.29, 1.82) is 0 Å². The summed E-state index contributed by atoms with van der Waals surface area (Å²) in [5.74, 6) is 1.34. The molecule has 1 unspecified atom stereocenters. The van der Waals surface area contributed by atoms with Gasteiger partial charge in [-0.25, -0.2) is 0 Å². The lowest BCUT2D eigenvalue weighted by Gasteiger charge is -2.16. The van der Waals surface area contributed by atoms with Gasteiger partial charge in [0.15, 0.2) is 5.82 Å². The van der Waals surface area contributed by atoms with Gasteiger partial charge >= 0.3 is 0 Å². The third-order valence-corrected chi connectivity index (χ3v) is 4.57. The van der Waals surface area contributed by atoms with Crippen LogP contribution in [0.4, 0.5) is 5.82 Å². The SMILES string of the molecule is COCC(C)Oc1cc(Oc2ccc(C(=O)N(C)C)cc2)cc(C(=O)Nc2cc(C)[nH]n2)c1. The molecule has 0 aliphatic carbocycles. The molecule has 0 fully saturated rings. The summed E-state index contributed by atoms with van der Waals surface area (Å²) >= 11 is 0.